The lowest BCUT2D eigenvalue weighted by molar-refractivity contribution is -0.114. The minimum Gasteiger partial charge on any atom is -0.304 e. The summed E-state index contributed by atoms with van der Waals surface area (Å²) >= 11 is 9.24. The molecule has 1 aromatic carbocycles. The Hall–Kier alpha value is -0.940. The lowest BCUT2D eigenvalue weighted by Crippen LogP contribution is -2.40. The van der Waals surface area contributed by atoms with Crippen LogP contribution in [0.15, 0.2) is 12.1 Å². The van der Waals surface area contributed by atoms with Gasteiger partial charge in [-0.2, -0.15) is 0 Å². The van der Waals surface area contributed by atoms with Gasteiger partial charge < -0.3 is 4.90 Å². The number of carbonyl (C=O) groups is 2. The zero-order chi connectivity index (χ0) is 15.2. The Bertz CT molecular complexity index is 628. The highest BCUT2D eigenvalue weighted by atomic mass is 79.9. The first-order chi connectivity index (χ1) is 9.97. The minimum absolute atomic E-state index is 0.0341. The average molecular weight is 375 g/mol. The second kappa shape index (κ2) is 5.36. The van der Waals surface area contributed by atoms with Crippen LogP contribution in [0, 0.1) is 11.2 Å². The number of halogens is 3. The fourth-order valence-corrected chi connectivity index (χ4v) is 4.14. The Kier molecular flexibility index (Phi) is 3.82. The lowest BCUT2D eigenvalue weighted by Gasteiger charge is -2.31. The van der Waals surface area contributed by atoms with Crippen LogP contribution >= 0.6 is 27.5 Å². The van der Waals surface area contributed by atoms with Gasteiger partial charge >= 0.3 is 0 Å². The fourth-order valence-electron chi connectivity index (χ4n) is 3.24. The number of hydrogen-bond donors (Lipinski definition) is 0. The maximum absolute atomic E-state index is 13.7. The molecule has 21 heavy (non-hydrogen) atoms. The molecule has 1 saturated carbocycles. The summed E-state index contributed by atoms with van der Waals surface area (Å²) in [6.07, 6.45) is 4.23. The number of nitrogens with zero attached hydrogens (tertiary/aromatic N) is 1. The molecule has 1 amide bonds. The molecular formula is C15H14BrClFNO2. The lowest BCUT2D eigenvalue weighted by atomic mass is 9.88. The van der Waals surface area contributed by atoms with E-state index in [1.165, 1.54) is 17.0 Å². The van der Waals surface area contributed by atoms with Crippen molar-refractivity contribution in [1.82, 2.24) is 0 Å². The number of rotatable bonds is 3. The highest BCUT2D eigenvalue weighted by Crippen LogP contribution is 2.43. The summed E-state index contributed by atoms with van der Waals surface area (Å²) in [4.78, 5) is 25.7. The van der Waals surface area contributed by atoms with Crippen molar-refractivity contribution in [2.24, 2.45) is 5.41 Å². The van der Waals surface area contributed by atoms with E-state index in [9.17, 15) is 14.0 Å². The summed E-state index contributed by atoms with van der Waals surface area (Å²) < 4.78 is 13.7. The third-order valence-corrected chi connectivity index (χ3v) is 5.93. The van der Waals surface area contributed by atoms with E-state index in [0.29, 0.717) is 12.2 Å². The molecule has 1 aromatic rings. The number of Topliss-reactive ketones (excluding diaryl/α,β-unsaturated/α-hetero) is 1. The number of carbonyl (C=O) groups excluding carboxylic acids is 2. The molecule has 0 saturated heterocycles. The molecule has 0 unspecified atom stereocenters. The first kappa shape index (κ1) is 15.0. The maximum atomic E-state index is 13.7. The van der Waals surface area contributed by atoms with E-state index < -0.39 is 17.5 Å². The Balaban J connectivity index is 1.99. The molecular weight excluding hydrogens is 361 g/mol. The molecule has 2 aliphatic rings. The SMILES string of the molecule is O=C1C(=O)N(CC2(CBr)CCCC2)c2cc(F)c(Cl)cc21. The average Bonchev–Trinajstić information content (AvgIpc) is 3.02. The van der Waals surface area contributed by atoms with Gasteiger partial charge in [-0.25, -0.2) is 4.39 Å². The van der Waals surface area contributed by atoms with E-state index >= 15 is 0 Å². The molecule has 0 aromatic heterocycles. The van der Waals surface area contributed by atoms with Crippen molar-refractivity contribution in [2.75, 3.05) is 16.8 Å². The Labute approximate surface area is 135 Å². The van der Waals surface area contributed by atoms with Crippen molar-refractivity contribution in [1.29, 1.82) is 0 Å². The molecule has 0 bridgehead atoms. The Morgan fingerprint density at radius 3 is 2.57 bits per heavy atom. The summed E-state index contributed by atoms with van der Waals surface area (Å²) in [5.41, 5.74) is 0.515. The van der Waals surface area contributed by atoms with Gasteiger partial charge in [-0.3, -0.25) is 9.59 Å². The van der Waals surface area contributed by atoms with Crippen molar-refractivity contribution in [3.63, 3.8) is 0 Å². The number of anilines is 1. The van der Waals surface area contributed by atoms with Crippen LogP contribution in [0.3, 0.4) is 0 Å². The highest BCUT2D eigenvalue weighted by Gasteiger charge is 2.42. The van der Waals surface area contributed by atoms with Crippen LogP contribution in [0.1, 0.15) is 36.0 Å². The fraction of sp³-hybridized carbons (Fsp3) is 0.467. The maximum Gasteiger partial charge on any atom is 0.299 e. The van der Waals surface area contributed by atoms with Crippen molar-refractivity contribution < 1.29 is 14.0 Å². The Morgan fingerprint density at radius 2 is 1.95 bits per heavy atom. The quantitative estimate of drug-likeness (QED) is 0.593. The number of alkyl halides is 1. The zero-order valence-corrected chi connectivity index (χ0v) is 13.6. The summed E-state index contributed by atoms with van der Waals surface area (Å²) in [6.45, 7) is 0.441. The summed E-state index contributed by atoms with van der Waals surface area (Å²) in [7, 11) is 0. The van der Waals surface area contributed by atoms with Crippen LogP contribution in [-0.4, -0.2) is 23.6 Å². The van der Waals surface area contributed by atoms with E-state index in [0.717, 1.165) is 31.0 Å². The molecule has 0 spiro atoms. The van der Waals surface area contributed by atoms with Gasteiger partial charge in [0.15, 0.2) is 0 Å². The molecule has 0 N–H and O–H groups in total. The molecule has 112 valence electrons. The monoisotopic (exact) mass is 373 g/mol. The van der Waals surface area contributed by atoms with E-state index in [1.54, 1.807) is 0 Å². The molecule has 3 nitrogen and oxygen atoms in total. The molecule has 3 rings (SSSR count). The molecule has 0 atom stereocenters. The third kappa shape index (κ3) is 2.40. The number of amides is 1. The number of ketones is 1. The van der Waals surface area contributed by atoms with Gasteiger partial charge in [-0.05, 0) is 30.4 Å². The largest absolute Gasteiger partial charge is 0.304 e. The van der Waals surface area contributed by atoms with E-state index in [2.05, 4.69) is 15.9 Å². The second-order valence-electron chi connectivity index (χ2n) is 5.84. The first-order valence-electron chi connectivity index (χ1n) is 6.89. The van der Waals surface area contributed by atoms with E-state index in [1.807, 2.05) is 0 Å². The number of benzene rings is 1. The molecule has 0 radical (unpaired) electrons. The molecule has 1 heterocycles. The van der Waals surface area contributed by atoms with Crippen LogP contribution in [0.25, 0.3) is 0 Å². The van der Waals surface area contributed by atoms with Crippen LogP contribution in [-0.2, 0) is 4.79 Å². The van der Waals surface area contributed by atoms with Gasteiger partial charge in [0.05, 0.1) is 16.3 Å². The second-order valence-corrected chi connectivity index (χ2v) is 6.81. The Morgan fingerprint density at radius 1 is 1.29 bits per heavy atom. The van der Waals surface area contributed by atoms with Crippen LogP contribution in [0.4, 0.5) is 10.1 Å². The van der Waals surface area contributed by atoms with Gasteiger partial charge in [0.2, 0.25) is 0 Å². The summed E-state index contributed by atoms with van der Waals surface area (Å²) in [6, 6.07) is 2.44. The first-order valence-corrected chi connectivity index (χ1v) is 8.39. The van der Waals surface area contributed by atoms with Gasteiger partial charge in [-0.15, -0.1) is 0 Å². The number of fused-ring (bicyclic) bond motifs is 1. The van der Waals surface area contributed by atoms with Crippen LogP contribution in [0.5, 0.6) is 0 Å². The van der Waals surface area contributed by atoms with Gasteiger partial charge in [0.1, 0.15) is 5.82 Å². The van der Waals surface area contributed by atoms with E-state index in [4.69, 9.17) is 11.6 Å². The number of hydrogen-bond acceptors (Lipinski definition) is 2. The topological polar surface area (TPSA) is 37.4 Å². The standard InChI is InChI=1S/C15H14BrClFNO2/c16-7-15(3-1-2-4-15)8-19-12-6-11(18)10(17)5-9(12)13(20)14(19)21/h5-6H,1-4,7-8H2. The van der Waals surface area contributed by atoms with Crippen LogP contribution in [0.2, 0.25) is 5.02 Å². The van der Waals surface area contributed by atoms with Crippen molar-refractivity contribution >= 4 is 44.9 Å². The smallest absolute Gasteiger partial charge is 0.299 e. The predicted octanol–water partition coefficient (Wildman–Crippen LogP) is 3.96. The predicted molar refractivity (Wildman–Crippen MR) is 82.8 cm³/mol. The highest BCUT2D eigenvalue weighted by molar-refractivity contribution is 9.09. The normalized spacial score (nSPS) is 20.2. The minimum atomic E-state index is -0.609. The third-order valence-electron chi connectivity index (χ3n) is 4.45. The molecule has 1 fully saturated rings. The van der Waals surface area contributed by atoms with Crippen molar-refractivity contribution in [3.05, 3.63) is 28.5 Å². The van der Waals surface area contributed by atoms with Gasteiger partial charge in [0.25, 0.3) is 11.7 Å². The van der Waals surface area contributed by atoms with Crippen molar-refractivity contribution in [2.45, 2.75) is 25.7 Å². The molecule has 1 aliphatic heterocycles. The summed E-state index contributed by atoms with van der Waals surface area (Å²) in [5, 5.41) is 0.636. The van der Waals surface area contributed by atoms with Crippen LogP contribution < -0.4 is 4.90 Å². The summed E-state index contributed by atoms with van der Waals surface area (Å²) in [5.74, 6) is -1.80. The van der Waals surface area contributed by atoms with Crippen molar-refractivity contribution in [3.8, 4) is 0 Å². The molecule has 1 aliphatic carbocycles. The molecule has 6 heteroatoms. The van der Waals surface area contributed by atoms with E-state index in [-0.39, 0.29) is 16.0 Å². The zero-order valence-electron chi connectivity index (χ0n) is 11.3. The van der Waals surface area contributed by atoms with Gasteiger partial charge in [-0.1, -0.05) is 40.4 Å². The van der Waals surface area contributed by atoms with Gasteiger partial charge in [0, 0.05) is 11.9 Å².